The van der Waals surface area contributed by atoms with E-state index in [0.717, 1.165) is 5.70 Å². The third-order valence-corrected chi connectivity index (χ3v) is 1.18. The monoisotopic (exact) mass is 153 g/mol. The standard InChI is InChI=1S/C9H15NO/c1-3-6-9(10-2)7-4-5-8-11/h3-4,6-7,10-11H,1,5,8H2,2H3/b7-4-,9-6+. The first-order chi connectivity index (χ1) is 5.35. The summed E-state index contributed by atoms with van der Waals surface area (Å²) in [6.07, 6.45) is 8.10. The number of rotatable bonds is 5. The van der Waals surface area contributed by atoms with Crippen LogP contribution in [0.2, 0.25) is 0 Å². The topological polar surface area (TPSA) is 32.3 Å². The Labute approximate surface area is 67.9 Å². The Morgan fingerprint density at radius 3 is 2.82 bits per heavy atom. The van der Waals surface area contributed by atoms with Crippen LogP contribution in [-0.2, 0) is 0 Å². The van der Waals surface area contributed by atoms with Crippen LogP contribution >= 0.6 is 0 Å². The van der Waals surface area contributed by atoms with Crippen LogP contribution in [0.25, 0.3) is 0 Å². The van der Waals surface area contributed by atoms with E-state index in [1.54, 1.807) is 6.08 Å². The van der Waals surface area contributed by atoms with Gasteiger partial charge in [0.05, 0.1) is 0 Å². The highest BCUT2D eigenvalue weighted by molar-refractivity contribution is 5.20. The molecule has 0 aromatic carbocycles. The van der Waals surface area contributed by atoms with Crippen LogP contribution in [0.5, 0.6) is 0 Å². The molecule has 0 spiro atoms. The predicted molar refractivity (Wildman–Crippen MR) is 48.2 cm³/mol. The van der Waals surface area contributed by atoms with Gasteiger partial charge in [-0.25, -0.2) is 0 Å². The normalized spacial score (nSPS) is 12.0. The Hall–Kier alpha value is -1.02. The zero-order valence-corrected chi connectivity index (χ0v) is 6.88. The number of likely N-dealkylation sites (N-methyl/N-ethyl adjacent to an activating group) is 1. The SMILES string of the molecule is C=C/C=C(\C=C/CCO)NC. The average molecular weight is 153 g/mol. The molecule has 0 amide bonds. The van der Waals surface area contributed by atoms with E-state index in [1.807, 2.05) is 25.3 Å². The van der Waals surface area contributed by atoms with Crippen LogP contribution < -0.4 is 5.32 Å². The Bertz CT molecular complexity index is 159. The zero-order chi connectivity index (χ0) is 8.53. The number of aliphatic hydroxyl groups is 1. The quantitative estimate of drug-likeness (QED) is 0.582. The van der Waals surface area contributed by atoms with Crippen molar-refractivity contribution in [2.24, 2.45) is 0 Å². The molecule has 0 aliphatic heterocycles. The molecule has 11 heavy (non-hydrogen) atoms. The number of hydrogen-bond donors (Lipinski definition) is 2. The molecule has 0 aromatic rings. The van der Waals surface area contributed by atoms with E-state index in [-0.39, 0.29) is 6.61 Å². The van der Waals surface area contributed by atoms with Gasteiger partial charge in [-0.15, -0.1) is 0 Å². The lowest BCUT2D eigenvalue weighted by molar-refractivity contribution is 0.302. The lowest BCUT2D eigenvalue weighted by Gasteiger charge is -1.97. The Morgan fingerprint density at radius 1 is 1.64 bits per heavy atom. The predicted octanol–water partition coefficient (Wildman–Crippen LogP) is 1.21. The molecule has 0 saturated carbocycles. The summed E-state index contributed by atoms with van der Waals surface area (Å²) in [5, 5.41) is 11.5. The lowest BCUT2D eigenvalue weighted by atomic mass is 10.3. The van der Waals surface area contributed by atoms with Crippen LogP contribution in [0.4, 0.5) is 0 Å². The van der Waals surface area contributed by atoms with Crippen molar-refractivity contribution in [1.29, 1.82) is 0 Å². The first-order valence-corrected chi connectivity index (χ1v) is 3.63. The Kier molecular flexibility index (Phi) is 6.43. The minimum Gasteiger partial charge on any atom is -0.396 e. The second-order valence-corrected chi connectivity index (χ2v) is 2.02. The van der Waals surface area contributed by atoms with E-state index in [4.69, 9.17) is 5.11 Å². The lowest BCUT2D eigenvalue weighted by Crippen LogP contribution is -2.02. The summed E-state index contributed by atoms with van der Waals surface area (Å²) in [6, 6.07) is 0. The number of aliphatic hydroxyl groups excluding tert-OH is 1. The van der Waals surface area contributed by atoms with Gasteiger partial charge < -0.3 is 10.4 Å². The molecule has 0 aromatic heterocycles. The van der Waals surface area contributed by atoms with Crippen molar-refractivity contribution in [1.82, 2.24) is 5.32 Å². The number of allylic oxidation sites excluding steroid dienone is 3. The Morgan fingerprint density at radius 2 is 2.36 bits per heavy atom. The van der Waals surface area contributed by atoms with Crippen LogP contribution in [0, 0.1) is 0 Å². The minimum atomic E-state index is 0.196. The molecule has 0 rings (SSSR count). The fourth-order valence-electron chi connectivity index (χ4n) is 0.634. The summed E-state index contributed by atoms with van der Waals surface area (Å²) in [4.78, 5) is 0. The third kappa shape index (κ3) is 5.43. The summed E-state index contributed by atoms with van der Waals surface area (Å²) < 4.78 is 0. The molecule has 2 nitrogen and oxygen atoms in total. The highest BCUT2D eigenvalue weighted by atomic mass is 16.2. The van der Waals surface area contributed by atoms with Crippen molar-refractivity contribution in [3.8, 4) is 0 Å². The average Bonchev–Trinajstić information content (AvgIpc) is 2.03. The molecule has 0 fully saturated rings. The van der Waals surface area contributed by atoms with Crippen molar-refractivity contribution >= 4 is 0 Å². The van der Waals surface area contributed by atoms with Gasteiger partial charge in [-0.05, 0) is 18.6 Å². The van der Waals surface area contributed by atoms with E-state index in [1.165, 1.54) is 0 Å². The summed E-state index contributed by atoms with van der Waals surface area (Å²) in [5.41, 5.74) is 0.994. The fraction of sp³-hybridized carbons (Fsp3) is 0.333. The molecular formula is C9H15NO. The van der Waals surface area contributed by atoms with Gasteiger partial charge in [-0.2, -0.15) is 0 Å². The van der Waals surface area contributed by atoms with E-state index < -0.39 is 0 Å². The highest BCUT2D eigenvalue weighted by Gasteiger charge is 1.81. The summed E-state index contributed by atoms with van der Waals surface area (Å²) in [6.45, 7) is 3.77. The molecule has 0 atom stereocenters. The van der Waals surface area contributed by atoms with Crippen LogP contribution in [-0.4, -0.2) is 18.8 Å². The van der Waals surface area contributed by atoms with E-state index in [9.17, 15) is 0 Å². The molecule has 0 aliphatic rings. The van der Waals surface area contributed by atoms with Gasteiger partial charge in [-0.1, -0.05) is 18.7 Å². The number of nitrogens with one attached hydrogen (secondary N) is 1. The van der Waals surface area contributed by atoms with Crippen molar-refractivity contribution in [2.45, 2.75) is 6.42 Å². The van der Waals surface area contributed by atoms with Crippen LogP contribution in [0.1, 0.15) is 6.42 Å². The summed E-state index contributed by atoms with van der Waals surface area (Å²) >= 11 is 0. The van der Waals surface area contributed by atoms with E-state index in [2.05, 4.69) is 11.9 Å². The maximum Gasteiger partial charge on any atom is 0.0465 e. The van der Waals surface area contributed by atoms with Gasteiger partial charge in [0.1, 0.15) is 0 Å². The molecule has 0 aliphatic carbocycles. The third-order valence-electron chi connectivity index (χ3n) is 1.18. The van der Waals surface area contributed by atoms with Gasteiger partial charge in [-0.3, -0.25) is 0 Å². The van der Waals surface area contributed by atoms with Crippen LogP contribution in [0.3, 0.4) is 0 Å². The maximum absolute atomic E-state index is 8.47. The molecule has 0 radical (unpaired) electrons. The van der Waals surface area contributed by atoms with Crippen molar-refractivity contribution in [2.75, 3.05) is 13.7 Å². The van der Waals surface area contributed by atoms with Gasteiger partial charge in [0, 0.05) is 19.4 Å². The van der Waals surface area contributed by atoms with E-state index >= 15 is 0 Å². The second-order valence-electron chi connectivity index (χ2n) is 2.02. The largest absolute Gasteiger partial charge is 0.396 e. The summed E-state index contributed by atoms with van der Waals surface area (Å²) in [7, 11) is 1.85. The van der Waals surface area contributed by atoms with Crippen LogP contribution in [0.15, 0.2) is 36.6 Å². The van der Waals surface area contributed by atoms with Gasteiger partial charge in [0.15, 0.2) is 0 Å². The first kappa shape index (κ1) is 9.98. The molecule has 62 valence electrons. The molecule has 2 N–H and O–H groups in total. The molecule has 0 bridgehead atoms. The van der Waals surface area contributed by atoms with Gasteiger partial charge in [0.2, 0.25) is 0 Å². The zero-order valence-electron chi connectivity index (χ0n) is 6.88. The van der Waals surface area contributed by atoms with Gasteiger partial charge in [0.25, 0.3) is 0 Å². The van der Waals surface area contributed by atoms with Crippen molar-refractivity contribution < 1.29 is 5.11 Å². The first-order valence-electron chi connectivity index (χ1n) is 3.63. The molecule has 0 unspecified atom stereocenters. The van der Waals surface area contributed by atoms with Gasteiger partial charge >= 0.3 is 0 Å². The van der Waals surface area contributed by atoms with Crippen molar-refractivity contribution in [3.63, 3.8) is 0 Å². The molecular weight excluding hydrogens is 138 g/mol. The Balaban J connectivity index is 3.86. The van der Waals surface area contributed by atoms with Crippen molar-refractivity contribution in [3.05, 3.63) is 36.6 Å². The minimum absolute atomic E-state index is 0.196. The number of hydrogen-bond acceptors (Lipinski definition) is 2. The molecule has 2 heteroatoms. The fourth-order valence-corrected chi connectivity index (χ4v) is 0.634. The second kappa shape index (κ2) is 7.09. The molecule has 0 saturated heterocycles. The maximum atomic E-state index is 8.47. The summed E-state index contributed by atoms with van der Waals surface area (Å²) in [5.74, 6) is 0. The van der Waals surface area contributed by atoms with E-state index in [0.29, 0.717) is 6.42 Å². The smallest absolute Gasteiger partial charge is 0.0465 e. The highest BCUT2D eigenvalue weighted by Crippen LogP contribution is 1.92. The molecule has 0 heterocycles.